The number of methoxy groups -OCH3 is 1. The molecule has 1 aromatic heterocycles. The molecule has 1 heterocycles. The Kier molecular flexibility index (Phi) is 5.58. The van der Waals surface area contributed by atoms with Gasteiger partial charge in [-0.05, 0) is 48.0 Å². The number of fused-ring (bicyclic) bond motifs is 1. The summed E-state index contributed by atoms with van der Waals surface area (Å²) in [5.74, 6) is 1.57. The minimum absolute atomic E-state index is 0.421. The molecular weight excluding hydrogens is 386 g/mol. The van der Waals surface area contributed by atoms with Crippen LogP contribution in [0.15, 0.2) is 72.8 Å². The van der Waals surface area contributed by atoms with E-state index in [1.807, 2.05) is 81.9 Å². The third-order valence-electron chi connectivity index (χ3n) is 4.90. The van der Waals surface area contributed by atoms with Crippen LogP contribution in [0.25, 0.3) is 11.0 Å². The maximum absolute atomic E-state index is 8.74. The molecular formula is C23H22ClN3O2. The lowest BCUT2D eigenvalue weighted by molar-refractivity contribution is 0.296. The molecule has 1 N–H and O–H groups in total. The van der Waals surface area contributed by atoms with Crippen LogP contribution in [-0.2, 0) is 13.1 Å². The van der Waals surface area contributed by atoms with Crippen molar-refractivity contribution >= 4 is 22.6 Å². The third kappa shape index (κ3) is 4.00. The second kappa shape index (κ2) is 8.45. The van der Waals surface area contributed by atoms with E-state index in [2.05, 4.69) is 0 Å². The Balaban J connectivity index is 1.58. The van der Waals surface area contributed by atoms with Crippen LogP contribution in [0.3, 0.4) is 0 Å². The highest BCUT2D eigenvalue weighted by Gasteiger charge is 2.12. The van der Waals surface area contributed by atoms with Crippen molar-refractivity contribution in [2.24, 2.45) is 0 Å². The van der Waals surface area contributed by atoms with E-state index in [9.17, 15) is 0 Å². The normalized spacial score (nSPS) is 11.0. The van der Waals surface area contributed by atoms with Crippen molar-refractivity contribution in [3.63, 3.8) is 0 Å². The molecule has 0 amide bonds. The molecule has 0 saturated heterocycles. The second-order valence-corrected chi connectivity index (χ2v) is 7.07. The van der Waals surface area contributed by atoms with E-state index in [0.29, 0.717) is 30.3 Å². The fraction of sp³-hybridized carbons (Fsp3) is 0.174. The smallest absolute Gasteiger partial charge is 0.203 e. The van der Waals surface area contributed by atoms with Gasteiger partial charge >= 0.3 is 0 Å². The number of ether oxygens (including phenoxy) is 2. The summed E-state index contributed by atoms with van der Waals surface area (Å²) in [6, 6.07) is 23.3. The van der Waals surface area contributed by atoms with E-state index in [1.54, 1.807) is 7.11 Å². The Labute approximate surface area is 174 Å². The third-order valence-corrected chi connectivity index (χ3v) is 5.27. The maximum atomic E-state index is 8.74. The molecule has 0 aliphatic heterocycles. The van der Waals surface area contributed by atoms with Crippen LogP contribution in [-0.4, -0.2) is 22.9 Å². The predicted octanol–water partition coefficient (Wildman–Crippen LogP) is 4.71. The number of halogens is 1. The number of rotatable bonds is 7. The van der Waals surface area contributed by atoms with Gasteiger partial charge in [0.05, 0.1) is 31.2 Å². The monoisotopic (exact) mass is 407 g/mol. The Morgan fingerprint density at radius 2 is 1.45 bits per heavy atom. The molecule has 3 aromatic carbocycles. The van der Waals surface area contributed by atoms with E-state index in [-0.39, 0.29) is 0 Å². The first-order chi connectivity index (χ1) is 14.2. The highest BCUT2D eigenvalue weighted by molar-refractivity contribution is 6.31. The average Bonchev–Trinajstić information content (AvgIpc) is 3.02. The van der Waals surface area contributed by atoms with Gasteiger partial charge in [0.1, 0.15) is 18.1 Å². The van der Waals surface area contributed by atoms with E-state index in [0.717, 1.165) is 28.1 Å². The number of nitrogens with zero attached hydrogens (tertiary/aromatic N) is 2. The second-order valence-electron chi connectivity index (χ2n) is 6.67. The summed E-state index contributed by atoms with van der Waals surface area (Å²) in [6.07, 6.45) is 0. The lowest BCUT2D eigenvalue weighted by atomic mass is 10.2. The molecule has 0 saturated carbocycles. The standard InChI is InChI=1S/C23H22ClN3O2/c1-28-18-10-12-19(13-11-18)29-15-14-26-21-8-4-5-9-22(21)27(23(26)25)16-17-6-2-3-7-20(17)24/h2-13,25H,14-16H2,1H3. The number of nitrogens with one attached hydrogen (secondary N) is 1. The van der Waals surface area contributed by atoms with Gasteiger partial charge in [-0.25, -0.2) is 0 Å². The molecule has 0 unspecified atom stereocenters. The van der Waals surface area contributed by atoms with Crippen LogP contribution < -0.4 is 15.1 Å². The van der Waals surface area contributed by atoms with E-state index in [1.165, 1.54) is 0 Å². The number of para-hydroxylation sites is 2. The fourth-order valence-electron chi connectivity index (χ4n) is 3.40. The number of hydrogen-bond acceptors (Lipinski definition) is 3. The lowest BCUT2D eigenvalue weighted by Crippen LogP contribution is -2.27. The van der Waals surface area contributed by atoms with Gasteiger partial charge < -0.3 is 18.6 Å². The van der Waals surface area contributed by atoms with Gasteiger partial charge in [-0.15, -0.1) is 0 Å². The summed E-state index contributed by atoms with van der Waals surface area (Å²) in [5, 5.41) is 9.45. The van der Waals surface area contributed by atoms with Crippen molar-refractivity contribution < 1.29 is 9.47 Å². The largest absolute Gasteiger partial charge is 0.497 e. The first-order valence-corrected chi connectivity index (χ1v) is 9.78. The first-order valence-electron chi connectivity index (χ1n) is 9.40. The van der Waals surface area contributed by atoms with Gasteiger partial charge in [0.2, 0.25) is 5.62 Å². The maximum Gasteiger partial charge on any atom is 0.203 e. The quantitative estimate of drug-likeness (QED) is 0.482. The molecule has 4 aromatic rings. The number of benzene rings is 3. The zero-order valence-corrected chi connectivity index (χ0v) is 16.9. The Morgan fingerprint density at radius 1 is 0.828 bits per heavy atom. The molecule has 0 radical (unpaired) electrons. The van der Waals surface area contributed by atoms with Crippen LogP contribution in [0.5, 0.6) is 11.5 Å². The summed E-state index contributed by atoms with van der Waals surface area (Å²) < 4.78 is 15.0. The van der Waals surface area contributed by atoms with Gasteiger partial charge in [-0.2, -0.15) is 0 Å². The molecule has 0 aliphatic rings. The summed E-state index contributed by atoms with van der Waals surface area (Å²) >= 11 is 6.35. The van der Waals surface area contributed by atoms with Crippen LogP contribution in [0.1, 0.15) is 5.56 Å². The highest BCUT2D eigenvalue weighted by Crippen LogP contribution is 2.20. The Bertz CT molecular complexity index is 1180. The van der Waals surface area contributed by atoms with Gasteiger partial charge in [0.25, 0.3) is 0 Å². The SMILES string of the molecule is COc1ccc(OCCn2c(=N)n(Cc3ccccc3Cl)c3ccccc32)cc1. The summed E-state index contributed by atoms with van der Waals surface area (Å²) in [7, 11) is 1.64. The van der Waals surface area contributed by atoms with Gasteiger partial charge in [0, 0.05) is 5.02 Å². The minimum Gasteiger partial charge on any atom is -0.497 e. The predicted molar refractivity (Wildman–Crippen MR) is 115 cm³/mol. The van der Waals surface area contributed by atoms with Crippen molar-refractivity contribution in [2.75, 3.05) is 13.7 Å². The molecule has 5 nitrogen and oxygen atoms in total. The molecule has 0 spiro atoms. The number of imidazole rings is 1. The topological polar surface area (TPSA) is 52.2 Å². The minimum atomic E-state index is 0.421. The van der Waals surface area contributed by atoms with Crippen molar-refractivity contribution in [1.29, 1.82) is 5.41 Å². The summed E-state index contributed by atoms with van der Waals surface area (Å²) in [5.41, 5.74) is 3.42. The fourth-order valence-corrected chi connectivity index (χ4v) is 3.60. The van der Waals surface area contributed by atoms with Crippen LogP contribution in [0, 0.1) is 5.41 Å². The van der Waals surface area contributed by atoms with Crippen molar-refractivity contribution in [2.45, 2.75) is 13.1 Å². The van der Waals surface area contributed by atoms with Gasteiger partial charge in [0.15, 0.2) is 0 Å². The Morgan fingerprint density at radius 3 is 2.14 bits per heavy atom. The van der Waals surface area contributed by atoms with Crippen LogP contribution >= 0.6 is 11.6 Å². The van der Waals surface area contributed by atoms with Crippen LogP contribution in [0.2, 0.25) is 5.02 Å². The van der Waals surface area contributed by atoms with Crippen molar-refractivity contribution in [3.05, 3.63) is 89.0 Å². The zero-order valence-electron chi connectivity index (χ0n) is 16.1. The lowest BCUT2D eigenvalue weighted by Gasteiger charge is -2.09. The van der Waals surface area contributed by atoms with E-state index < -0.39 is 0 Å². The zero-order chi connectivity index (χ0) is 20.2. The summed E-state index contributed by atoms with van der Waals surface area (Å²) in [6.45, 7) is 1.58. The molecule has 6 heteroatoms. The van der Waals surface area contributed by atoms with Crippen molar-refractivity contribution in [1.82, 2.24) is 9.13 Å². The molecule has 0 bridgehead atoms. The molecule has 4 rings (SSSR count). The van der Waals surface area contributed by atoms with Gasteiger partial charge in [-0.1, -0.05) is 41.9 Å². The molecule has 148 valence electrons. The number of hydrogen-bond donors (Lipinski definition) is 1. The van der Waals surface area contributed by atoms with E-state index >= 15 is 0 Å². The van der Waals surface area contributed by atoms with Crippen molar-refractivity contribution in [3.8, 4) is 11.5 Å². The Hall–Kier alpha value is -3.18. The average molecular weight is 408 g/mol. The molecule has 0 aliphatic carbocycles. The summed E-state index contributed by atoms with van der Waals surface area (Å²) in [4.78, 5) is 0. The molecule has 0 atom stereocenters. The molecule has 29 heavy (non-hydrogen) atoms. The first kappa shape index (κ1) is 19.2. The number of aromatic nitrogens is 2. The van der Waals surface area contributed by atoms with E-state index in [4.69, 9.17) is 26.5 Å². The van der Waals surface area contributed by atoms with Crippen LogP contribution in [0.4, 0.5) is 0 Å². The highest BCUT2D eigenvalue weighted by atomic mass is 35.5. The molecule has 0 fully saturated rings. The van der Waals surface area contributed by atoms with Gasteiger partial charge in [-0.3, -0.25) is 5.41 Å².